The minimum absolute atomic E-state index is 0.170. The number of benzene rings is 3. The molecule has 0 spiro atoms. The van der Waals surface area contributed by atoms with Gasteiger partial charge >= 0.3 is 0 Å². The van der Waals surface area contributed by atoms with Crippen molar-refractivity contribution in [1.82, 2.24) is 5.32 Å². The Bertz CT molecular complexity index is 1120. The summed E-state index contributed by atoms with van der Waals surface area (Å²) in [6.07, 6.45) is 0. The highest BCUT2D eigenvalue weighted by atomic mass is 32.2. The van der Waals surface area contributed by atoms with Crippen molar-refractivity contribution in [3.05, 3.63) is 95.1 Å². The van der Waals surface area contributed by atoms with Crippen LogP contribution in [0.1, 0.15) is 40.0 Å². The van der Waals surface area contributed by atoms with E-state index in [1.165, 1.54) is 6.07 Å². The van der Waals surface area contributed by atoms with E-state index in [1.54, 1.807) is 42.5 Å². The first-order valence-corrected chi connectivity index (χ1v) is 10.8. The van der Waals surface area contributed by atoms with Crippen LogP contribution in [0.2, 0.25) is 0 Å². The molecule has 2 N–H and O–H groups in total. The first-order valence-electron chi connectivity index (χ1n) is 9.32. The molecule has 29 heavy (non-hydrogen) atoms. The summed E-state index contributed by atoms with van der Waals surface area (Å²) in [6, 6.07) is 20.8. The summed E-state index contributed by atoms with van der Waals surface area (Å²) in [5, 5.41) is 2.97. The topological polar surface area (TPSA) is 75.3 Å². The highest BCUT2D eigenvalue weighted by molar-refractivity contribution is 7.92. The van der Waals surface area contributed by atoms with Crippen LogP contribution in [0, 0.1) is 13.8 Å². The number of hydrogen-bond acceptors (Lipinski definition) is 3. The molecule has 1 amide bonds. The zero-order chi connectivity index (χ0) is 21.0. The molecule has 0 aliphatic rings. The summed E-state index contributed by atoms with van der Waals surface area (Å²) in [6.45, 7) is 5.81. The van der Waals surface area contributed by atoms with Gasteiger partial charge in [-0.2, -0.15) is 0 Å². The van der Waals surface area contributed by atoms with Crippen LogP contribution in [0.25, 0.3) is 0 Å². The molecule has 0 saturated carbocycles. The zero-order valence-corrected chi connectivity index (χ0v) is 17.5. The first kappa shape index (κ1) is 20.6. The Labute approximate surface area is 171 Å². The Morgan fingerprint density at radius 3 is 2.28 bits per heavy atom. The number of amides is 1. The standard InChI is InChI=1S/C23H24N2O3S/c1-16-11-13-21(14-12-16)29(27,28)25-20-9-6-8-19(15-20)23(26)24-18(3)22-10-5-4-7-17(22)2/h4-15,18,25H,1-3H3,(H,24,26). The lowest BCUT2D eigenvalue weighted by Crippen LogP contribution is -2.27. The molecule has 0 radical (unpaired) electrons. The SMILES string of the molecule is Cc1ccc(S(=O)(=O)Nc2cccc(C(=O)NC(C)c3ccccc3C)c2)cc1. The van der Waals surface area contributed by atoms with Crippen molar-refractivity contribution >= 4 is 21.6 Å². The Morgan fingerprint density at radius 1 is 0.897 bits per heavy atom. The Hall–Kier alpha value is -3.12. The second-order valence-corrected chi connectivity index (χ2v) is 8.73. The predicted octanol–water partition coefficient (Wildman–Crippen LogP) is 4.60. The molecule has 5 nitrogen and oxygen atoms in total. The third kappa shape index (κ3) is 5.03. The quantitative estimate of drug-likeness (QED) is 0.626. The number of aryl methyl sites for hydroxylation is 2. The summed E-state index contributed by atoms with van der Waals surface area (Å²) in [5.74, 6) is -0.267. The van der Waals surface area contributed by atoms with Crippen molar-refractivity contribution < 1.29 is 13.2 Å². The van der Waals surface area contributed by atoms with Crippen LogP contribution in [-0.4, -0.2) is 14.3 Å². The number of carbonyl (C=O) groups is 1. The van der Waals surface area contributed by atoms with E-state index in [1.807, 2.05) is 45.0 Å². The van der Waals surface area contributed by atoms with Crippen LogP contribution in [0.15, 0.2) is 77.7 Å². The third-order valence-corrected chi connectivity index (χ3v) is 6.11. The van der Waals surface area contributed by atoms with Crippen molar-refractivity contribution in [1.29, 1.82) is 0 Å². The fourth-order valence-electron chi connectivity index (χ4n) is 3.09. The normalized spacial score (nSPS) is 12.2. The molecule has 1 unspecified atom stereocenters. The molecule has 0 saturated heterocycles. The molecule has 1 atom stereocenters. The molecule has 150 valence electrons. The first-order chi connectivity index (χ1) is 13.8. The van der Waals surface area contributed by atoms with Crippen LogP contribution in [0.3, 0.4) is 0 Å². The van der Waals surface area contributed by atoms with Crippen LogP contribution in [-0.2, 0) is 10.0 Å². The Kier molecular flexibility index (Phi) is 6.03. The maximum atomic E-state index is 12.7. The van der Waals surface area contributed by atoms with Gasteiger partial charge < -0.3 is 5.32 Å². The summed E-state index contributed by atoms with van der Waals surface area (Å²) >= 11 is 0. The van der Waals surface area contributed by atoms with Gasteiger partial charge in [0.15, 0.2) is 0 Å². The molecule has 3 aromatic rings. The number of rotatable bonds is 6. The molecule has 3 aromatic carbocycles. The number of sulfonamides is 1. The second-order valence-electron chi connectivity index (χ2n) is 7.05. The molecule has 0 aliphatic carbocycles. The fraction of sp³-hybridized carbons (Fsp3) is 0.174. The van der Waals surface area contributed by atoms with Gasteiger partial charge in [0.2, 0.25) is 0 Å². The van der Waals surface area contributed by atoms with Crippen LogP contribution in [0.5, 0.6) is 0 Å². The fourth-order valence-corrected chi connectivity index (χ4v) is 4.14. The summed E-state index contributed by atoms with van der Waals surface area (Å²) in [4.78, 5) is 12.8. The van der Waals surface area contributed by atoms with Gasteiger partial charge in [-0.15, -0.1) is 0 Å². The number of hydrogen-bond donors (Lipinski definition) is 2. The molecule has 0 fully saturated rings. The molecule has 0 heterocycles. The lowest BCUT2D eigenvalue weighted by Gasteiger charge is -2.17. The molecule has 0 aliphatic heterocycles. The van der Waals surface area contributed by atoms with Crippen molar-refractivity contribution in [3.63, 3.8) is 0 Å². The van der Waals surface area contributed by atoms with Crippen molar-refractivity contribution in [2.24, 2.45) is 0 Å². The predicted molar refractivity (Wildman–Crippen MR) is 115 cm³/mol. The van der Waals surface area contributed by atoms with Gasteiger partial charge in [0, 0.05) is 11.3 Å². The van der Waals surface area contributed by atoms with E-state index in [4.69, 9.17) is 0 Å². The molecule has 3 rings (SSSR count). The minimum atomic E-state index is -3.73. The van der Waals surface area contributed by atoms with E-state index in [9.17, 15) is 13.2 Å². The van der Waals surface area contributed by atoms with Crippen LogP contribution in [0.4, 0.5) is 5.69 Å². The van der Waals surface area contributed by atoms with Gasteiger partial charge in [-0.3, -0.25) is 9.52 Å². The average Bonchev–Trinajstić information content (AvgIpc) is 2.68. The highest BCUT2D eigenvalue weighted by Gasteiger charge is 2.16. The van der Waals surface area contributed by atoms with Gasteiger partial charge in [0.05, 0.1) is 10.9 Å². The van der Waals surface area contributed by atoms with E-state index in [0.717, 1.165) is 16.7 Å². The number of anilines is 1. The maximum absolute atomic E-state index is 12.7. The Morgan fingerprint density at radius 2 is 1.59 bits per heavy atom. The summed E-state index contributed by atoms with van der Waals surface area (Å²) in [7, 11) is -3.73. The summed E-state index contributed by atoms with van der Waals surface area (Å²) in [5.41, 5.74) is 3.83. The van der Waals surface area contributed by atoms with E-state index < -0.39 is 10.0 Å². The molecule has 0 aromatic heterocycles. The molecule has 6 heteroatoms. The van der Waals surface area contributed by atoms with E-state index >= 15 is 0 Å². The second kappa shape index (κ2) is 8.49. The Balaban J connectivity index is 1.76. The lowest BCUT2D eigenvalue weighted by atomic mass is 10.0. The minimum Gasteiger partial charge on any atom is -0.346 e. The summed E-state index contributed by atoms with van der Waals surface area (Å²) < 4.78 is 27.7. The van der Waals surface area contributed by atoms with E-state index in [-0.39, 0.29) is 16.8 Å². The van der Waals surface area contributed by atoms with Gasteiger partial charge in [0.1, 0.15) is 0 Å². The lowest BCUT2D eigenvalue weighted by molar-refractivity contribution is 0.0940. The van der Waals surface area contributed by atoms with Gasteiger partial charge in [-0.1, -0.05) is 48.0 Å². The molecule has 0 bridgehead atoms. The van der Waals surface area contributed by atoms with Gasteiger partial charge in [-0.25, -0.2) is 8.42 Å². The van der Waals surface area contributed by atoms with Gasteiger partial charge in [-0.05, 0) is 62.2 Å². The maximum Gasteiger partial charge on any atom is 0.261 e. The van der Waals surface area contributed by atoms with E-state index in [0.29, 0.717) is 11.3 Å². The van der Waals surface area contributed by atoms with Crippen molar-refractivity contribution in [3.8, 4) is 0 Å². The van der Waals surface area contributed by atoms with Gasteiger partial charge in [0.25, 0.3) is 15.9 Å². The molecular formula is C23H24N2O3S. The van der Waals surface area contributed by atoms with Crippen LogP contribution < -0.4 is 10.0 Å². The van der Waals surface area contributed by atoms with Crippen molar-refractivity contribution in [2.45, 2.75) is 31.7 Å². The average molecular weight is 409 g/mol. The van der Waals surface area contributed by atoms with E-state index in [2.05, 4.69) is 10.0 Å². The number of nitrogens with one attached hydrogen (secondary N) is 2. The smallest absolute Gasteiger partial charge is 0.261 e. The van der Waals surface area contributed by atoms with Crippen molar-refractivity contribution in [2.75, 3.05) is 4.72 Å². The monoisotopic (exact) mass is 408 g/mol. The zero-order valence-electron chi connectivity index (χ0n) is 16.6. The van der Waals surface area contributed by atoms with Crippen LogP contribution >= 0.6 is 0 Å². The highest BCUT2D eigenvalue weighted by Crippen LogP contribution is 2.20. The number of carbonyl (C=O) groups excluding carboxylic acids is 1. The molecular weight excluding hydrogens is 384 g/mol. The largest absolute Gasteiger partial charge is 0.346 e. The third-order valence-electron chi connectivity index (χ3n) is 4.71.